The quantitative estimate of drug-likeness (QED) is 0.708. The molecule has 0 atom stereocenters. The highest BCUT2D eigenvalue weighted by atomic mass is 16.5. The summed E-state index contributed by atoms with van der Waals surface area (Å²) in [5.74, 6) is -1.28. The van der Waals surface area contributed by atoms with Gasteiger partial charge in [-0.2, -0.15) is 10.2 Å². The first-order valence-corrected chi connectivity index (χ1v) is 7.22. The monoisotopic (exact) mass is 336 g/mol. The van der Waals surface area contributed by atoms with E-state index in [1.165, 1.54) is 10.6 Å². The fourth-order valence-corrected chi connectivity index (χ4v) is 2.05. The lowest BCUT2D eigenvalue weighted by Crippen LogP contribution is -2.21. The van der Waals surface area contributed by atoms with Crippen molar-refractivity contribution in [2.24, 2.45) is 0 Å². The van der Waals surface area contributed by atoms with Gasteiger partial charge in [0.15, 0.2) is 6.61 Å². The van der Waals surface area contributed by atoms with E-state index in [9.17, 15) is 9.59 Å². The summed E-state index contributed by atoms with van der Waals surface area (Å²) in [6.45, 7) is 1.29. The van der Waals surface area contributed by atoms with Gasteiger partial charge in [0, 0.05) is 17.6 Å². The number of amides is 1. The van der Waals surface area contributed by atoms with E-state index in [1.54, 1.807) is 37.4 Å². The average molecular weight is 336 g/mol. The molecule has 0 aliphatic rings. The van der Waals surface area contributed by atoms with E-state index in [2.05, 4.69) is 20.4 Å². The Balaban J connectivity index is 1.62. The maximum absolute atomic E-state index is 12.0. The van der Waals surface area contributed by atoms with Gasteiger partial charge in [0.05, 0.1) is 11.6 Å². The third-order valence-electron chi connectivity index (χ3n) is 3.22. The lowest BCUT2D eigenvalue weighted by molar-refractivity contribution is -0.119. The molecule has 124 valence electrons. The highest BCUT2D eigenvalue weighted by Gasteiger charge is 2.17. The van der Waals surface area contributed by atoms with Crippen LogP contribution in [0.25, 0.3) is 5.78 Å². The van der Waals surface area contributed by atoms with Crippen LogP contribution in [0, 0.1) is 18.3 Å². The Morgan fingerprint density at radius 3 is 2.96 bits per heavy atom. The first-order chi connectivity index (χ1) is 12.1. The average Bonchev–Trinajstić information content (AvgIpc) is 3.05. The van der Waals surface area contributed by atoms with Crippen LogP contribution < -0.4 is 5.32 Å². The summed E-state index contributed by atoms with van der Waals surface area (Å²) in [6, 6.07) is 10.1. The van der Waals surface area contributed by atoms with Crippen LogP contribution >= 0.6 is 0 Å². The number of benzene rings is 1. The lowest BCUT2D eigenvalue weighted by Gasteiger charge is -2.05. The number of rotatable bonds is 4. The standard InChI is InChI=1S/C16H12N6O3/c1-10-5-6-18-16-20-14(21-22(10)16)15(24)25-9-13(23)19-12-4-2-3-11(7-12)8-17/h2-7H,9H2,1H3,(H,19,23). The minimum absolute atomic E-state index is 0.180. The first-order valence-electron chi connectivity index (χ1n) is 7.22. The highest BCUT2D eigenvalue weighted by Crippen LogP contribution is 2.09. The second-order valence-corrected chi connectivity index (χ2v) is 5.05. The molecule has 0 spiro atoms. The number of carbonyl (C=O) groups excluding carboxylic acids is 2. The Morgan fingerprint density at radius 2 is 2.20 bits per heavy atom. The molecular weight excluding hydrogens is 324 g/mol. The maximum Gasteiger partial charge on any atom is 0.378 e. The third kappa shape index (κ3) is 3.59. The fourth-order valence-electron chi connectivity index (χ4n) is 2.05. The number of carbonyl (C=O) groups is 2. The number of anilines is 1. The van der Waals surface area contributed by atoms with E-state index >= 15 is 0 Å². The molecule has 1 aromatic carbocycles. The van der Waals surface area contributed by atoms with Crippen molar-refractivity contribution in [1.82, 2.24) is 19.6 Å². The predicted molar refractivity (Wildman–Crippen MR) is 85.6 cm³/mol. The van der Waals surface area contributed by atoms with Crippen molar-refractivity contribution in [3.8, 4) is 6.07 Å². The van der Waals surface area contributed by atoms with Gasteiger partial charge >= 0.3 is 5.97 Å². The molecule has 9 heteroatoms. The van der Waals surface area contributed by atoms with E-state index in [0.29, 0.717) is 11.3 Å². The second-order valence-electron chi connectivity index (χ2n) is 5.05. The van der Waals surface area contributed by atoms with Crippen LogP contribution in [0.2, 0.25) is 0 Å². The van der Waals surface area contributed by atoms with E-state index in [4.69, 9.17) is 10.00 Å². The molecule has 9 nitrogen and oxygen atoms in total. The van der Waals surface area contributed by atoms with Crippen molar-refractivity contribution in [2.45, 2.75) is 6.92 Å². The number of esters is 1. The summed E-state index contributed by atoms with van der Waals surface area (Å²) in [7, 11) is 0. The molecule has 0 aliphatic carbocycles. The first kappa shape index (κ1) is 16.1. The lowest BCUT2D eigenvalue weighted by atomic mass is 10.2. The zero-order chi connectivity index (χ0) is 17.8. The van der Waals surface area contributed by atoms with Crippen molar-refractivity contribution < 1.29 is 14.3 Å². The van der Waals surface area contributed by atoms with Crippen LogP contribution in [0.1, 0.15) is 21.9 Å². The predicted octanol–water partition coefficient (Wildman–Crippen LogP) is 1.10. The van der Waals surface area contributed by atoms with Gasteiger partial charge in [0.2, 0.25) is 0 Å². The maximum atomic E-state index is 12.0. The molecule has 0 saturated carbocycles. The normalized spacial score (nSPS) is 10.2. The minimum atomic E-state index is -0.828. The summed E-state index contributed by atoms with van der Waals surface area (Å²) < 4.78 is 6.31. The van der Waals surface area contributed by atoms with Gasteiger partial charge in [-0.05, 0) is 31.2 Å². The Hall–Kier alpha value is -3.80. The van der Waals surface area contributed by atoms with E-state index in [1.807, 2.05) is 6.07 Å². The summed E-state index contributed by atoms with van der Waals surface area (Å²) in [5, 5.41) is 15.4. The minimum Gasteiger partial charge on any atom is -0.450 e. The molecule has 0 bridgehead atoms. The second kappa shape index (κ2) is 6.76. The number of hydrogen-bond donors (Lipinski definition) is 1. The van der Waals surface area contributed by atoms with E-state index in [-0.39, 0.29) is 11.6 Å². The molecule has 0 radical (unpaired) electrons. The van der Waals surface area contributed by atoms with Crippen LogP contribution in [0.3, 0.4) is 0 Å². The number of hydrogen-bond acceptors (Lipinski definition) is 7. The Kier molecular flexibility index (Phi) is 4.34. The number of aromatic nitrogens is 4. The molecule has 2 aromatic heterocycles. The fraction of sp³-hybridized carbons (Fsp3) is 0.125. The van der Waals surface area contributed by atoms with Crippen molar-refractivity contribution >= 4 is 23.3 Å². The van der Waals surface area contributed by atoms with Crippen molar-refractivity contribution in [1.29, 1.82) is 5.26 Å². The van der Waals surface area contributed by atoms with Crippen molar-refractivity contribution in [3.05, 3.63) is 53.6 Å². The molecule has 3 rings (SSSR count). The van der Waals surface area contributed by atoms with Gasteiger partial charge in [-0.3, -0.25) is 4.79 Å². The Morgan fingerprint density at radius 1 is 1.36 bits per heavy atom. The van der Waals surface area contributed by atoms with Crippen molar-refractivity contribution in [2.75, 3.05) is 11.9 Å². The molecule has 0 aliphatic heterocycles. The number of nitriles is 1. The van der Waals surface area contributed by atoms with Crippen LogP contribution in [0.4, 0.5) is 5.69 Å². The summed E-state index contributed by atoms with van der Waals surface area (Å²) >= 11 is 0. The smallest absolute Gasteiger partial charge is 0.378 e. The van der Waals surface area contributed by atoms with Crippen LogP contribution in [-0.4, -0.2) is 38.1 Å². The number of fused-ring (bicyclic) bond motifs is 1. The molecule has 3 aromatic rings. The van der Waals surface area contributed by atoms with E-state index < -0.39 is 18.5 Å². The largest absolute Gasteiger partial charge is 0.450 e. The number of nitrogens with one attached hydrogen (secondary N) is 1. The SMILES string of the molecule is Cc1ccnc2nc(C(=O)OCC(=O)Nc3cccc(C#N)c3)nn12. The van der Waals surface area contributed by atoms with Gasteiger partial charge in [-0.1, -0.05) is 6.07 Å². The molecule has 25 heavy (non-hydrogen) atoms. The zero-order valence-corrected chi connectivity index (χ0v) is 13.1. The molecule has 1 amide bonds. The molecule has 0 fully saturated rings. The van der Waals surface area contributed by atoms with Crippen LogP contribution in [-0.2, 0) is 9.53 Å². The molecule has 2 heterocycles. The summed E-state index contributed by atoms with van der Waals surface area (Å²) in [6.07, 6.45) is 1.55. The molecule has 0 unspecified atom stereocenters. The van der Waals surface area contributed by atoms with Gasteiger partial charge < -0.3 is 10.1 Å². The van der Waals surface area contributed by atoms with Gasteiger partial charge in [-0.25, -0.2) is 14.3 Å². The zero-order valence-electron chi connectivity index (χ0n) is 13.1. The molecular formula is C16H12N6O3. The molecule has 0 saturated heterocycles. The van der Waals surface area contributed by atoms with E-state index in [0.717, 1.165) is 5.69 Å². The van der Waals surface area contributed by atoms with Gasteiger partial charge in [0.25, 0.3) is 17.5 Å². The summed E-state index contributed by atoms with van der Waals surface area (Å²) in [5.41, 5.74) is 1.60. The van der Waals surface area contributed by atoms with Crippen molar-refractivity contribution in [3.63, 3.8) is 0 Å². The van der Waals surface area contributed by atoms with Gasteiger partial charge in [-0.15, -0.1) is 5.10 Å². The Labute approximate surface area is 141 Å². The number of aryl methyl sites for hydroxylation is 1. The summed E-state index contributed by atoms with van der Waals surface area (Å²) in [4.78, 5) is 31.8. The van der Waals surface area contributed by atoms with Crippen LogP contribution in [0.5, 0.6) is 0 Å². The number of ether oxygens (including phenoxy) is 1. The highest BCUT2D eigenvalue weighted by molar-refractivity contribution is 5.94. The van der Waals surface area contributed by atoms with Gasteiger partial charge in [0.1, 0.15) is 0 Å². The number of nitrogens with zero attached hydrogens (tertiary/aromatic N) is 5. The van der Waals surface area contributed by atoms with Crippen LogP contribution in [0.15, 0.2) is 36.5 Å². The Bertz CT molecular complexity index is 1000. The topological polar surface area (TPSA) is 122 Å². The third-order valence-corrected chi connectivity index (χ3v) is 3.22. The molecule has 1 N–H and O–H groups in total.